The lowest BCUT2D eigenvalue weighted by Gasteiger charge is -2.13. The SMILES string of the molecule is CC(C)C(=O)NC(=S)Nc1ccccc1-c1ccc(C(=O)O)o1. The van der Waals surface area contributed by atoms with E-state index in [1.54, 1.807) is 44.2 Å². The van der Waals surface area contributed by atoms with Gasteiger partial charge in [-0.3, -0.25) is 4.79 Å². The van der Waals surface area contributed by atoms with Gasteiger partial charge in [-0.05, 0) is 36.5 Å². The molecule has 0 fully saturated rings. The molecule has 0 atom stereocenters. The second kappa shape index (κ2) is 7.06. The fraction of sp³-hybridized carbons (Fsp3) is 0.188. The van der Waals surface area contributed by atoms with Crippen molar-refractivity contribution in [1.29, 1.82) is 0 Å². The van der Waals surface area contributed by atoms with Gasteiger partial charge in [0.1, 0.15) is 5.76 Å². The molecule has 0 bridgehead atoms. The maximum absolute atomic E-state index is 11.7. The monoisotopic (exact) mass is 332 g/mol. The Hall–Kier alpha value is -2.67. The zero-order valence-electron chi connectivity index (χ0n) is 12.6. The van der Waals surface area contributed by atoms with Crippen LogP contribution in [0.5, 0.6) is 0 Å². The van der Waals surface area contributed by atoms with Gasteiger partial charge in [-0.2, -0.15) is 0 Å². The van der Waals surface area contributed by atoms with Crippen LogP contribution >= 0.6 is 12.2 Å². The average Bonchev–Trinajstić information content (AvgIpc) is 2.97. The number of furan rings is 1. The fourth-order valence-electron chi connectivity index (χ4n) is 1.81. The van der Waals surface area contributed by atoms with Crippen molar-refractivity contribution in [3.63, 3.8) is 0 Å². The van der Waals surface area contributed by atoms with Gasteiger partial charge >= 0.3 is 5.97 Å². The van der Waals surface area contributed by atoms with E-state index in [1.807, 2.05) is 0 Å². The molecule has 1 aromatic carbocycles. The maximum atomic E-state index is 11.7. The largest absolute Gasteiger partial charge is 0.475 e. The van der Waals surface area contributed by atoms with Crippen LogP contribution in [-0.4, -0.2) is 22.1 Å². The molecule has 0 aliphatic rings. The highest BCUT2D eigenvalue weighted by Crippen LogP contribution is 2.29. The number of rotatable bonds is 4. The van der Waals surface area contributed by atoms with Crippen LogP contribution < -0.4 is 10.6 Å². The Morgan fingerprint density at radius 2 is 1.87 bits per heavy atom. The summed E-state index contributed by atoms with van der Waals surface area (Å²) < 4.78 is 5.30. The summed E-state index contributed by atoms with van der Waals surface area (Å²) in [6.45, 7) is 3.53. The summed E-state index contributed by atoms with van der Waals surface area (Å²) in [5.74, 6) is -1.27. The number of carboxylic acids is 1. The van der Waals surface area contributed by atoms with Gasteiger partial charge < -0.3 is 20.2 Å². The van der Waals surface area contributed by atoms with Crippen LogP contribution in [0.4, 0.5) is 5.69 Å². The van der Waals surface area contributed by atoms with Crippen molar-refractivity contribution in [2.45, 2.75) is 13.8 Å². The molecule has 1 amide bonds. The van der Waals surface area contributed by atoms with E-state index in [4.69, 9.17) is 21.7 Å². The van der Waals surface area contributed by atoms with E-state index in [-0.39, 0.29) is 22.7 Å². The van der Waals surface area contributed by atoms with Gasteiger partial charge in [0.2, 0.25) is 11.7 Å². The molecule has 1 aromatic heterocycles. The summed E-state index contributed by atoms with van der Waals surface area (Å²) in [6, 6.07) is 10.1. The number of nitrogens with one attached hydrogen (secondary N) is 2. The third-order valence-electron chi connectivity index (χ3n) is 3.02. The van der Waals surface area contributed by atoms with E-state index >= 15 is 0 Å². The topological polar surface area (TPSA) is 91.6 Å². The van der Waals surface area contributed by atoms with Crippen molar-refractivity contribution in [3.8, 4) is 11.3 Å². The van der Waals surface area contributed by atoms with Crippen LogP contribution in [0.25, 0.3) is 11.3 Å². The Morgan fingerprint density at radius 1 is 1.17 bits per heavy atom. The quantitative estimate of drug-likeness (QED) is 0.745. The molecule has 7 heteroatoms. The summed E-state index contributed by atoms with van der Waals surface area (Å²) in [5, 5.41) is 14.6. The van der Waals surface area contributed by atoms with Crippen LogP contribution in [0.3, 0.4) is 0 Å². The average molecular weight is 332 g/mol. The summed E-state index contributed by atoms with van der Waals surface area (Å²) in [6.07, 6.45) is 0. The number of anilines is 1. The standard InChI is InChI=1S/C16H16N2O4S/c1-9(2)14(19)18-16(23)17-11-6-4-3-5-10(11)12-7-8-13(22-12)15(20)21/h3-9H,1-2H3,(H,20,21)(H2,17,18,19,23). The van der Waals surface area contributed by atoms with Gasteiger partial charge in [-0.1, -0.05) is 26.0 Å². The minimum absolute atomic E-state index is 0.148. The molecule has 23 heavy (non-hydrogen) atoms. The molecule has 0 unspecified atom stereocenters. The Morgan fingerprint density at radius 3 is 2.48 bits per heavy atom. The fourth-order valence-corrected chi connectivity index (χ4v) is 2.02. The molecular formula is C16H16N2O4S. The Bertz CT molecular complexity index is 752. The second-order valence-corrected chi connectivity index (χ2v) is 5.52. The molecule has 0 radical (unpaired) electrons. The number of carbonyl (C=O) groups is 2. The van der Waals surface area contributed by atoms with E-state index < -0.39 is 5.97 Å². The van der Waals surface area contributed by atoms with Crippen molar-refractivity contribution >= 4 is 34.9 Å². The molecule has 6 nitrogen and oxygen atoms in total. The first-order chi connectivity index (χ1) is 10.9. The number of thiocarbonyl (C=S) groups is 1. The molecule has 0 saturated carbocycles. The first-order valence-electron chi connectivity index (χ1n) is 6.93. The minimum Gasteiger partial charge on any atom is -0.475 e. The lowest BCUT2D eigenvalue weighted by Crippen LogP contribution is -2.36. The van der Waals surface area contributed by atoms with Crippen LogP contribution in [0.15, 0.2) is 40.8 Å². The lowest BCUT2D eigenvalue weighted by molar-refractivity contribution is -0.122. The predicted molar refractivity (Wildman–Crippen MR) is 90.3 cm³/mol. The molecule has 0 aliphatic heterocycles. The summed E-state index contributed by atoms with van der Waals surface area (Å²) >= 11 is 5.12. The Labute approximate surface area is 138 Å². The van der Waals surface area contributed by atoms with E-state index in [2.05, 4.69) is 10.6 Å². The summed E-state index contributed by atoms with van der Waals surface area (Å²) in [4.78, 5) is 22.6. The molecular weight excluding hydrogens is 316 g/mol. The summed E-state index contributed by atoms with van der Waals surface area (Å²) in [5.41, 5.74) is 1.24. The number of hydrogen-bond donors (Lipinski definition) is 3. The lowest BCUT2D eigenvalue weighted by atomic mass is 10.1. The van der Waals surface area contributed by atoms with Gasteiger partial charge in [0, 0.05) is 11.5 Å². The number of carbonyl (C=O) groups excluding carboxylic acids is 1. The van der Waals surface area contributed by atoms with Gasteiger partial charge in [-0.25, -0.2) is 4.79 Å². The molecule has 0 saturated heterocycles. The smallest absolute Gasteiger partial charge is 0.371 e. The highest BCUT2D eigenvalue weighted by molar-refractivity contribution is 7.80. The van der Waals surface area contributed by atoms with Crippen LogP contribution in [-0.2, 0) is 4.79 Å². The van der Waals surface area contributed by atoms with Crippen molar-refractivity contribution in [1.82, 2.24) is 5.32 Å². The van der Waals surface area contributed by atoms with Crippen molar-refractivity contribution in [3.05, 3.63) is 42.2 Å². The maximum Gasteiger partial charge on any atom is 0.371 e. The van der Waals surface area contributed by atoms with Gasteiger partial charge in [0.05, 0.1) is 5.69 Å². The highest BCUT2D eigenvalue weighted by Gasteiger charge is 2.14. The number of benzene rings is 1. The summed E-state index contributed by atoms with van der Waals surface area (Å²) in [7, 11) is 0. The van der Waals surface area contributed by atoms with Crippen molar-refractivity contribution < 1.29 is 19.1 Å². The molecule has 3 N–H and O–H groups in total. The van der Waals surface area contributed by atoms with Crippen LogP contribution in [0.1, 0.15) is 24.4 Å². The van der Waals surface area contributed by atoms with E-state index in [0.29, 0.717) is 17.0 Å². The third-order valence-corrected chi connectivity index (χ3v) is 3.22. The molecule has 0 aliphatic carbocycles. The predicted octanol–water partition coefficient (Wildman–Crippen LogP) is 3.11. The highest BCUT2D eigenvalue weighted by atomic mass is 32.1. The normalized spacial score (nSPS) is 10.4. The molecule has 120 valence electrons. The van der Waals surface area contributed by atoms with Crippen molar-refractivity contribution in [2.75, 3.05) is 5.32 Å². The van der Waals surface area contributed by atoms with Crippen LogP contribution in [0, 0.1) is 5.92 Å². The zero-order valence-corrected chi connectivity index (χ0v) is 13.4. The molecule has 1 heterocycles. The van der Waals surface area contributed by atoms with E-state index in [0.717, 1.165) is 0 Å². The minimum atomic E-state index is -1.14. The van der Waals surface area contributed by atoms with Crippen molar-refractivity contribution in [2.24, 2.45) is 5.92 Å². The molecule has 0 spiro atoms. The number of para-hydroxylation sites is 1. The van der Waals surface area contributed by atoms with Crippen LogP contribution in [0.2, 0.25) is 0 Å². The number of aromatic carboxylic acids is 1. The molecule has 2 rings (SSSR count). The van der Waals surface area contributed by atoms with Gasteiger partial charge in [0.15, 0.2) is 5.11 Å². The third kappa shape index (κ3) is 4.17. The second-order valence-electron chi connectivity index (χ2n) is 5.11. The number of carboxylic acid groups (broad SMARTS) is 1. The number of amides is 1. The van der Waals surface area contributed by atoms with Gasteiger partial charge in [0.25, 0.3) is 0 Å². The van der Waals surface area contributed by atoms with E-state index in [1.165, 1.54) is 6.07 Å². The first-order valence-corrected chi connectivity index (χ1v) is 7.33. The Kier molecular flexibility index (Phi) is 5.13. The molecule has 2 aromatic rings. The first kappa shape index (κ1) is 16.7. The number of hydrogen-bond acceptors (Lipinski definition) is 4. The Balaban J connectivity index is 2.22. The van der Waals surface area contributed by atoms with E-state index in [9.17, 15) is 9.59 Å². The zero-order chi connectivity index (χ0) is 17.0. The van der Waals surface area contributed by atoms with Gasteiger partial charge in [-0.15, -0.1) is 0 Å².